The zero-order valence-corrected chi connectivity index (χ0v) is 16.8. The molecular formula is C22H29N7O. The number of para-hydroxylation sites is 2. The van der Waals surface area contributed by atoms with E-state index in [0.29, 0.717) is 30.4 Å². The van der Waals surface area contributed by atoms with Gasteiger partial charge in [-0.15, -0.1) is 0 Å². The van der Waals surface area contributed by atoms with Crippen molar-refractivity contribution >= 4 is 28.5 Å². The Bertz CT molecular complexity index is 1090. The molecule has 0 radical (unpaired) electrons. The molecule has 2 amide bonds. The summed E-state index contributed by atoms with van der Waals surface area (Å²) < 4.78 is 0. The summed E-state index contributed by atoms with van der Waals surface area (Å²) in [7, 11) is 0. The highest BCUT2D eigenvalue weighted by molar-refractivity contribution is 5.81. The third kappa shape index (κ3) is 3.49. The Hall–Kier alpha value is -3.42. The monoisotopic (exact) mass is 407 g/mol. The number of nitrogens with two attached hydrogens (primary N) is 1. The van der Waals surface area contributed by atoms with Crippen LogP contribution in [0.25, 0.3) is 28.1 Å². The molecular weight excluding hydrogens is 378 g/mol. The van der Waals surface area contributed by atoms with Gasteiger partial charge in [0.1, 0.15) is 5.69 Å². The number of urea groups is 1. The summed E-state index contributed by atoms with van der Waals surface area (Å²) in [6.07, 6.45) is 7.96. The fraction of sp³-hybridized carbons (Fsp3) is 0.364. The Morgan fingerprint density at radius 3 is 2.67 bits per heavy atom. The summed E-state index contributed by atoms with van der Waals surface area (Å²) in [5.74, 6) is 0.956. The summed E-state index contributed by atoms with van der Waals surface area (Å²) in [6.45, 7) is 3.02. The molecule has 0 atom stereocenters. The second-order valence-corrected chi connectivity index (χ2v) is 7.85. The number of carbonyl (C=O) groups excluding carboxylic acids is 1. The van der Waals surface area contributed by atoms with Gasteiger partial charge in [0.15, 0.2) is 11.6 Å². The van der Waals surface area contributed by atoms with E-state index in [9.17, 15) is 4.79 Å². The number of amides is 2. The fourth-order valence-electron chi connectivity index (χ4n) is 4.15. The number of hydrogen-bond donors (Lipinski definition) is 2. The van der Waals surface area contributed by atoms with Crippen molar-refractivity contribution in [3.63, 3.8) is 0 Å². The highest BCUT2D eigenvalue weighted by Crippen LogP contribution is 2.27. The predicted molar refractivity (Wildman–Crippen MR) is 121 cm³/mol. The average Bonchev–Trinajstić information content (AvgIpc) is 3.24. The van der Waals surface area contributed by atoms with Gasteiger partial charge in [0.05, 0.1) is 22.9 Å². The first kappa shape index (κ1) is 18.6. The molecule has 3 aromatic rings. The minimum absolute atomic E-state index is 0. The molecule has 158 valence electrons. The number of H-pyrrole nitrogens is 1. The highest BCUT2D eigenvalue weighted by atomic mass is 16.2. The van der Waals surface area contributed by atoms with Crippen LogP contribution in [0.5, 0.6) is 0 Å². The van der Waals surface area contributed by atoms with E-state index in [1.807, 2.05) is 34.1 Å². The number of likely N-dealkylation sites (tertiary alicyclic amines) is 1. The zero-order chi connectivity index (χ0) is 20.5. The Labute approximate surface area is 177 Å². The summed E-state index contributed by atoms with van der Waals surface area (Å²) in [4.78, 5) is 33.6. The van der Waals surface area contributed by atoms with Crippen molar-refractivity contribution in [1.29, 1.82) is 0 Å². The number of nitrogen functional groups attached to an aromatic ring is 1. The third-order valence-corrected chi connectivity index (χ3v) is 5.85. The Balaban J connectivity index is 0.00000144. The molecule has 3 N–H and O–H groups in total. The lowest BCUT2D eigenvalue weighted by Crippen LogP contribution is -2.46. The van der Waals surface area contributed by atoms with Crippen LogP contribution in [0.1, 0.15) is 34.2 Å². The maximum atomic E-state index is 12.7. The van der Waals surface area contributed by atoms with Gasteiger partial charge in [0.25, 0.3) is 0 Å². The largest absolute Gasteiger partial charge is 0.382 e. The molecule has 2 aliphatic heterocycles. The van der Waals surface area contributed by atoms with E-state index < -0.39 is 0 Å². The first-order chi connectivity index (χ1) is 14.7. The van der Waals surface area contributed by atoms with Crippen molar-refractivity contribution in [3.8, 4) is 11.5 Å². The summed E-state index contributed by atoms with van der Waals surface area (Å²) in [5, 5.41) is 0. The lowest BCUT2D eigenvalue weighted by atomic mass is 10.0. The van der Waals surface area contributed by atoms with Crippen LogP contribution in [0, 0.1) is 0 Å². The van der Waals surface area contributed by atoms with Crippen molar-refractivity contribution in [2.45, 2.75) is 25.7 Å². The topological polar surface area (TPSA) is 104 Å². The smallest absolute Gasteiger partial charge is 0.320 e. The van der Waals surface area contributed by atoms with Crippen LogP contribution in [0.3, 0.4) is 0 Å². The molecule has 0 bridgehead atoms. The van der Waals surface area contributed by atoms with E-state index in [0.717, 1.165) is 54.7 Å². The number of piperidine rings is 1. The van der Waals surface area contributed by atoms with Crippen molar-refractivity contribution in [1.82, 2.24) is 29.7 Å². The average molecular weight is 408 g/mol. The van der Waals surface area contributed by atoms with Gasteiger partial charge in [-0.25, -0.2) is 19.7 Å². The molecule has 0 spiro atoms. The van der Waals surface area contributed by atoms with Gasteiger partial charge in [-0.05, 0) is 43.4 Å². The number of rotatable bonds is 2. The molecule has 2 aromatic heterocycles. The molecule has 1 aromatic carbocycles. The van der Waals surface area contributed by atoms with Crippen LogP contribution < -0.4 is 5.73 Å². The lowest BCUT2D eigenvalue weighted by Gasteiger charge is -2.34. The van der Waals surface area contributed by atoms with E-state index in [1.165, 1.54) is 6.42 Å². The van der Waals surface area contributed by atoms with Crippen molar-refractivity contribution in [3.05, 3.63) is 42.2 Å². The van der Waals surface area contributed by atoms with E-state index in [-0.39, 0.29) is 8.88 Å². The van der Waals surface area contributed by atoms with E-state index in [1.54, 1.807) is 6.20 Å². The van der Waals surface area contributed by atoms with E-state index in [4.69, 9.17) is 10.7 Å². The van der Waals surface area contributed by atoms with Crippen LogP contribution in [0.2, 0.25) is 0 Å². The number of imidazole rings is 1. The minimum Gasteiger partial charge on any atom is -0.382 e. The fourth-order valence-corrected chi connectivity index (χ4v) is 4.15. The van der Waals surface area contributed by atoms with Crippen molar-refractivity contribution < 1.29 is 7.65 Å². The summed E-state index contributed by atoms with van der Waals surface area (Å²) in [6, 6.07) is 7.97. The Morgan fingerprint density at radius 1 is 1.07 bits per heavy atom. The molecule has 0 aliphatic carbocycles. The van der Waals surface area contributed by atoms with E-state index >= 15 is 0 Å². The van der Waals surface area contributed by atoms with Crippen LogP contribution >= 0.6 is 0 Å². The standard InChI is InChI=1S/C22H25N7O.2H2/c23-20-19(21-26-16-6-2-3-7-17(16)27-21)25-18(14-24-20)15-8-12-29(13-9-15)22(30)28-10-4-1-5-11-28;;/h2-3,6-8,14H,1,4-5,9-13H2,(H2,23,24)(H,26,27);2*1H. The quantitative estimate of drug-likeness (QED) is 0.673. The molecule has 8 nitrogen and oxygen atoms in total. The normalized spacial score (nSPS) is 17.3. The van der Waals surface area contributed by atoms with Gasteiger partial charge in [0, 0.05) is 29.0 Å². The van der Waals surface area contributed by atoms with Gasteiger partial charge < -0.3 is 20.5 Å². The zero-order valence-electron chi connectivity index (χ0n) is 16.8. The number of fused-ring (bicyclic) bond motifs is 1. The second kappa shape index (κ2) is 7.78. The van der Waals surface area contributed by atoms with Gasteiger partial charge in [0.2, 0.25) is 0 Å². The number of anilines is 1. The Kier molecular flexibility index (Phi) is 4.82. The molecule has 2 aliphatic rings. The number of benzene rings is 1. The van der Waals surface area contributed by atoms with E-state index in [2.05, 4.69) is 21.0 Å². The minimum atomic E-state index is 0. The number of carbonyl (C=O) groups is 1. The maximum absolute atomic E-state index is 12.7. The first-order valence-electron chi connectivity index (χ1n) is 10.5. The number of aromatic nitrogens is 4. The lowest BCUT2D eigenvalue weighted by molar-refractivity contribution is 0.147. The summed E-state index contributed by atoms with van der Waals surface area (Å²) in [5.41, 5.74) is 10.3. The molecule has 30 heavy (non-hydrogen) atoms. The van der Waals surface area contributed by atoms with Gasteiger partial charge in [-0.3, -0.25) is 0 Å². The van der Waals surface area contributed by atoms with Crippen molar-refractivity contribution in [2.75, 3.05) is 31.9 Å². The van der Waals surface area contributed by atoms with Crippen LogP contribution in [0.4, 0.5) is 10.6 Å². The predicted octanol–water partition coefficient (Wildman–Crippen LogP) is 3.79. The number of aromatic amines is 1. The third-order valence-electron chi connectivity index (χ3n) is 5.85. The van der Waals surface area contributed by atoms with Gasteiger partial charge >= 0.3 is 6.03 Å². The maximum Gasteiger partial charge on any atom is 0.320 e. The van der Waals surface area contributed by atoms with Gasteiger partial charge in [-0.1, -0.05) is 18.2 Å². The number of nitrogens with one attached hydrogen (secondary N) is 1. The number of hydrogen-bond acceptors (Lipinski definition) is 5. The van der Waals surface area contributed by atoms with Crippen LogP contribution in [0.15, 0.2) is 36.5 Å². The SMILES string of the molecule is Nc1ncc(C2=CCN(C(=O)N3CCCCC3)CC2)nc1-c1nc2ccccc2[nH]1.[HH].[HH]. The molecule has 5 rings (SSSR count). The molecule has 0 saturated carbocycles. The summed E-state index contributed by atoms with van der Waals surface area (Å²) >= 11 is 0. The van der Waals surface area contributed by atoms with Gasteiger partial charge in [-0.2, -0.15) is 0 Å². The molecule has 0 unspecified atom stereocenters. The molecule has 8 heteroatoms. The van der Waals surface area contributed by atoms with Crippen LogP contribution in [-0.4, -0.2) is 61.9 Å². The number of nitrogens with zero attached hydrogens (tertiary/aromatic N) is 5. The Morgan fingerprint density at radius 2 is 1.90 bits per heavy atom. The first-order valence-corrected chi connectivity index (χ1v) is 10.5. The van der Waals surface area contributed by atoms with Crippen molar-refractivity contribution in [2.24, 2.45) is 0 Å². The van der Waals surface area contributed by atoms with Crippen LogP contribution in [-0.2, 0) is 0 Å². The second-order valence-electron chi connectivity index (χ2n) is 7.85. The molecule has 1 saturated heterocycles. The molecule has 1 fully saturated rings. The highest BCUT2D eigenvalue weighted by Gasteiger charge is 2.25. The molecule has 4 heterocycles.